The van der Waals surface area contributed by atoms with Gasteiger partial charge in [-0.15, -0.1) is 11.8 Å². The number of benzene rings is 2. The molecule has 5 nitrogen and oxygen atoms in total. The lowest BCUT2D eigenvalue weighted by molar-refractivity contribution is -0.115. The van der Waals surface area contributed by atoms with Gasteiger partial charge in [-0.05, 0) is 53.9 Å². The van der Waals surface area contributed by atoms with E-state index in [1.54, 1.807) is 23.9 Å². The first-order valence-electron chi connectivity index (χ1n) is 9.13. The van der Waals surface area contributed by atoms with E-state index in [0.717, 1.165) is 17.7 Å². The quantitative estimate of drug-likeness (QED) is 0.673. The lowest BCUT2D eigenvalue weighted by atomic mass is 10.1. The number of aryl methyl sites for hydroxylation is 1. The summed E-state index contributed by atoms with van der Waals surface area (Å²) in [5.41, 5.74) is 3.83. The molecule has 28 heavy (non-hydrogen) atoms. The zero-order chi connectivity index (χ0) is 19.5. The van der Waals surface area contributed by atoms with Crippen LogP contribution in [0.3, 0.4) is 0 Å². The Hall–Kier alpha value is -2.99. The highest BCUT2D eigenvalue weighted by Crippen LogP contribution is 2.42. The van der Waals surface area contributed by atoms with Gasteiger partial charge in [0.05, 0.1) is 12.0 Å². The van der Waals surface area contributed by atoms with Gasteiger partial charge >= 0.3 is 0 Å². The molecule has 1 fully saturated rings. The molecule has 0 bridgehead atoms. The van der Waals surface area contributed by atoms with E-state index in [4.69, 9.17) is 4.42 Å². The second-order valence-corrected chi connectivity index (χ2v) is 7.57. The van der Waals surface area contributed by atoms with Crippen LogP contribution in [-0.2, 0) is 11.2 Å². The highest BCUT2D eigenvalue weighted by molar-refractivity contribution is 8.00. The van der Waals surface area contributed by atoms with Crippen molar-refractivity contribution in [2.45, 2.75) is 18.7 Å². The minimum absolute atomic E-state index is 0.0746. The van der Waals surface area contributed by atoms with E-state index in [2.05, 4.69) is 24.4 Å². The van der Waals surface area contributed by atoms with E-state index < -0.39 is 0 Å². The van der Waals surface area contributed by atoms with Crippen LogP contribution >= 0.6 is 11.8 Å². The predicted molar refractivity (Wildman–Crippen MR) is 112 cm³/mol. The second-order valence-electron chi connectivity index (χ2n) is 6.50. The zero-order valence-electron chi connectivity index (χ0n) is 15.4. The summed E-state index contributed by atoms with van der Waals surface area (Å²) in [4.78, 5) is 26.5. The molecule has 2 heterocycles. The SMILES string of the molecule is CCc1cccc(N2C(=O)CS[C@@H]2c2ccc(NC(=O)c3ccco3)cc2)c1. The fraction of sp³-hybridized carbons (Fsp3) is 0.182. The summed E-state index contributed by atoms with van der Waals surface area (Å²) >= 11 is 1.61. The van der Waals surface area contributed by atoms with Crippen molar-refractivity contribution in [3.05, 3.63) is 83.8 Å². The highest BCUT2D eigenvalue weighted by atomic mass is 32.2. The van der Waals surface area contributed by atoms with Crippen LogP contribution in [0.15, 0.2) is 71.3 Å². The Labute approximate surface area is 167 Å². The molecule has 0 aliphatic carbocycles. The monoisotopic (exact) mass is 392 g/mol. The van der Waals surface area contributed by atoms with Crippen molar-refractivity contribution in [3.63, 3.8) is 0 Å². The highest BCUT2D eigenvalue weighted by Gasteiger charge is 2.34. The lowest BCUT2D eigenvalue weighted by Crippen LogP contribution is -2.27. The molecular weight excluding hydrogens is 372 g/mol. The summed E-state index contributed by atoms with van der Waals surface area (Å²) in [6.45, 7) is 2.10. The number of anilines is 2. The summed E-state index contributed by atoms with van der Waals surface area (Å²) in [6.07, 6.45) is 2.40. The number of nitrogens with one attached hydrogen (secondary N) is 1. The predicted octanol–water partition coefficient (Wildman–Crippen LogP) is 4.87. The van der Waals surface area contributed by atoms with Gasteiger partial charge in [-0.1, -0.05) is 31.2 Å². The van der Waals surface area contributed by atoms with E-state index in [-0.39, 0.29) is 22.9 Å². The van der Waals surface area contributed by atoms with Gasteiger partial charge in [0.15, 0.2) is 5.76 Å². The second kappa shape index (κ2) is 7.94. The van der Waals surface area contributed by atoms with E-state index in [1.165, 1.54) is 11.8 Å². The standard InChI is InChI=1S/C22H20N2O3S/c1-2-15-5-3-6-18(13-15)24-20(25)14-28-22(24)16-8-10-17(11-9-16)23-21(26)19-7-4-12-27-19/h3-13,22H,2,14H2,1H3,(H,23,26)/t22-/m1/s1. The first kappa shape index (κ1) is 18.4. The Bertz CT molecular complexity index is 983. The molecule has 1 aromatic heterocycles. The van der Waals surface area contributed by atoms with Crippen LogP contribution in [0.2, 0.25) is 0 Å². The fourth-order valence-electron chi connectivity index (χ4n) is 3.21. The Morgan fingerprint density at radius 2 is 2.00 bits per heavy atom. The molecule has 4 rings (SSSR count). The maximum Gasteiger partial charge on any atom is 0.291 e. The molecule has 1 aliphatic heterocycles. The van der Waals surface area contributed by atoms with E-state index in [9.17, 15) is 9.59 Å². The lowest BCUT2D eigenvalue weighted by Gasteiger charge is -2.25. The third-order valence-corrected chi connectivity index (χ3v) is 5.88. The van der Waals surface area contributed by atoms with Crippen LogP contribution in [0.1, 0.15) is 34.0 Å². The molecule has 6 heteroatoms. The third-order valence-electron chi connectivity index (χ3n) is 4.66. The summed E-state index contributed by atoms with van der Waals surface area (Å²) in [7, 11) is 0. The van der Waals surface area contributed by atoms with Gasteiger partial charge < -0.3 is 9.73 Å². The molecule has 0 unspecified atom stereocenters. The maximum atomic E-state index is 12.5. The molecule has 1 saturated heterocycles. The first-order valence-corrected chi connectivity index (χ1v) is 10.2. The smallest absolute Gasteiger partial charge is 0.291 e. The van der Waals surface area contributed by atoms with Gasteiger partial charge in [0.1, 0.15) is 5.37 Å². The molecule has 0 saturated carbocycles. The summed E-state index contributed by atoms with van der Waals surface area (Å²) in [5.74, 6) is 0.542. The van der Waals surface area contributed by atoms with Crippen molar-refractivity contribution in [3.8, 4) is 0 Å². The minimum Gasteiger partial charge on any atom is -0.459 e. The third kappa shape index (κ3) is 3.68. The Balaban J connectivity index is 1.54. The van der Waals surface area contributed by atoms with Gasteiger partial charge in [-0.25, -0.2) is 0 Å². The molecule has 0 spiro atoms. The van der Waals surface area contributed by atoms with Crippen molar-refractivity contribution in [1.82, 2.24) is 0 Å². The summed E-state index contributed by atoms with van der Waals surface area (Å²) in [5, 5.41) is 2.73. The van der Waals surface area contributed by atoms with Crippen LogP contribution in [0.4, 0.5) is 11.4 Å². The van der Waals surface area contributed by atoms with Gasteiger partial charge in [-0.3, -0.25) is 14.5 Å². The number of amides is 2. The Kier molecular flexibility index (Phi) is 5.21. The molecule has 142 valence electrons. The van der Waals surface area contributed by atoms with Gasteiger partial charge in [0.25, 0.3) is 5.91 Å². The number of hydrogen-bond donors (Lipinski definition) is 1. The molecule has 1 atom stereocenters. The average molecular weight is 392 g/mol. The largest absolute Gasteiger partial charge is 0.459 e. The van der Waals surface area contributed by atoms with Crippen LogP contribution < -0.4 is 10.2 Å². The van der Waals surface area contributed by atoms with Crippen molar-refractivity contribution in [2.24, 2.45) is 0 Å². The Morgan fingerprint density at radius 3 is 2.71 bits per heavy atom. The number of hydrogen-bond acceptors (Lipinski definition) is 4. The number of carbonyl (C=O) groups is 2. The minimum atomic E-state index is -0.291. The molecule has 3 aromatic rings. The van der Waals surface area contributed by atoms with Crippen LogP contribution in [-0.4, -0.2) is 17.6 Å². The molecule has 0 radical (unpaired) electrons. The summed E-state index contributed by atoms with van der Waals surface area (Å²) < 4.78 is 5.11. The Morgan fingerprint density at radius 1 is 1.18 bits per heavy atom. The first-order chi connectivity index (χ1) is 13.7. The molecule has 2 amide bonds. The topological polar surface area (TPSA) is 62.6 Å². The van der Waals surface area contributed by atoms with Crippen LogP contribution in [0, 0.1) is 0 Å². The van der Waals surface area contributed by atoms with Gasteiger partial charge in [0.2, 0.25) is 5.91 Å². The van der Waals surface area contributed by atoms with E-state index in [1.807, 2.05) is 41.3 Å². The molecule has 1 N–H and O–H groups in total. The number of furan rings is 1. The van der Waals surface area contributed by atoms with Gasteiger partial charge in [0, 0.05) is 11.4 Å². The number of rotatable bonds is 5. The fourth-order valence-corrected chi connectivity index (χ4v) is 4.39. The average Bonchev–Trinajstić information content (AvgIpc) is 3.39. The number of carbonyl (C=O) groups excluding carboxylic acids is 2. The molecular formula is C22H20N2O3S. The van der Waals surface area contributed by atoms with Gasteiger partial charge in [-0.2, -0.15) is 0 Å². The number of thioether (sulfide) groups is 1. The van der Waals surface area contributed by atoms with E-state index in [0.29, 0.717) is 11.4 Å². The van der Waals surface area contributed by atoms with Crippen molar-refractivity contribution in [2.75, 3.05) is 16.0 Å². The molecule has 1 aliphatic rings. The number of nitrogens with zero attached hydrogens (tertiary/aromatic N) is 1. The summed E-state index contributed by atoms with van der Waals surface area (Å²) in [6, 6.07) is 19.0. The zero-order valence-corrected chi connectivity index (χ0v) is 16.2. The van der Waals surface area contributed by atoms with Crippen LogP contribution in [0.25, 0.3) is 0 Å². The van der Waals surface area contributed by atoms with E-state index >= 15 is 0 Å². The van der Waals surface area contributed by atoms with Crippen molar-refractivity contribution >= 4 is 35.0 Å². The van der Waals surface area contributed by atoms with Crippen molar-refractivity contribution in [1.29, 1.82) is 0 Å². The van der Waals surface area contributed by atoms with Crippen molar-refractivity contribution < 1.29 is 14.0 Å². The maximum absolute atomic E-state index is 12.5. The normalized spacial score (nSPS) is 16.4. The van der Waals surface area contributed by atoms with Crippen LogP contribution in [0.5, 0.6) is 0 Å². The molecule has 2 aromatic carbocycles.